The van der Waals surface area contributed by atoms with Gasteiger partial charge in [-0.15, -0.1) is 10.2 Å². The van der Waals surface area contributed by atoms with Crippen LogP contribution in [0.15, 0.2) is 24.3 Å². The maximum atomic E-state index is 13.0. The average molecular weight is 374 g/mol. The lowest BCUT2D eigenvalue weighted by atomic mass is 9.97. The Balaban J connectivity index is 1.35. The molecule has 1 atom stereocenters. The molecule has 5 nitrogen and oxygen atoms in total. The van der Waals surface area contributed by atoms with Crippen molar-refractivity contribution in [1.82, 2.24) is 15.5 Å². The number of nitrogens with one attached hydrogen (secondary N) is 1. The molecule has 7 heteroatoms. The number of carbonyl (C=O) groups excluding carboxylic acids is 1. The minimum absolute atomic E-state index is 0.0342. The molecule has 1 aromatic carbocycles. The lowest BCUT2D eigenvalue weighted by Crippen LogP contribution is -2.43. The Morgan fingerprint density at radius 3 is 2.81 bits per heavy atom. The second-order valence-electron chi connectivity index (χ2n) is 7.26. The van der Waals surface area contributed by atoms with Crippen molar-refractivity contribution in [2.75, 3.05) is 24.5 Å². The number of piperidine rings is 1. The van der Waals surface area contributed by atoms with Gasteiger partial charge >= 0.3 is 0 Å². The summed E-state index contributed by atoms with van der Waals surface area (Å²) in [6, 6.07) is 6.48. The molecule has 1 N–H and O–H groups in total. The predicted octanol–water partition coefficient (Wildman–Crippen LogP) is 3.01. The predicted molar refractivity (Wildman–Crippen MR) is 99.8 cm³/mol. The Hall–Kier alpha value is -2.02. The Labute approximate surface area is 156 Å². The van der Waals surface area contributed by atoms with E-state index in [9.17, 15) is 9.18 Å². The van der Waals surface area contributed by atoms with Crippen LogP contribution in [-0.4, -0.2) is 35.7 Å². The number of anilines is 1. The van der Waals surface area contributed by atoms with E-state index < -0.39 is 0 Å². The molecule has 1 aromatic heterocycles. The van der Waals surface area contributed by atoms with E-state index in [0.717, 1.165) is 41.6 Å². The SMILES string of the molecule is O=C(NCC1CC1)C1CCCN(c2nnc(Cc3ccc(F)cc3)s2)C1. The number of amides is 1. The Morgan fingerprint density at radius 2 is 2.04 bits per heavy atom. The van der Waals surface area contributed by atoms with Crippen molar-refractivity contribution in [3.05, 3.63) is 40.7 Å². The molecule has 0 spiro atoms. The van der Waals surface area contributed by atoms with Gasteiger partial charge in [0.1, 0.15) is 10.8 Å². The molecule has 4 rings (SSSR count). The molecule has 2 fully saturated rings. The molecule has 0 radical (unpaired) electrons. The first kappa shape index (κ1) is 17.4. The Bertz CT molecular complexity index is 759. The van der Waals surface area contributed by atoms with Gasteiger partial charge in [-0.1, -0.05) is 23.5 Å². The van der Waals surface area contributed by atoms with Crippen molar-refractivity contribution in [3.63, 3.8) is 0 Å². The fraction of sp³-hybridized carbons (Fsp3) is 0.526. The molecule has 1 saturated carbocycles. The first-order chi connectivity index (χ1) is 12.7. The molecule has 0 bridgehead atoms. The molecule has 1 unspecified atom stereocenters. The molecular weight excluding hydrogens is 351 g/mol. The van der Waals surface area contributed by atoms with E-state index in [-0.39, 0.29) is 17.6 Å². The first-order valence-corrected chi connectivity index (χ1v) is 10.1. The second-order valence-corrected chi connectivity index (χ2v) is 8.30. The van der Waals surface area contributed by atoms with E-state index in [2.05, 4.69) is 20.4 Å². The van der Waals surface area contributed by atoms with E-state index >= 15 is 0 Å². The number of carbonyl (C=O) groups is 1. The van der Waals surface area contributed by atoms with Gasteiger partial charge < -0.3 is 10.2 Å². The van der Waals surface area contributed by atoms with Crippen LogP contribution in [0.2, 0.25) is 0 Å². The Morgan fingerprint density at radius 1 is 1.23 bits per heavy atom. The van der Waals surface area contributed by atoms with Crippen LogP contribution in [0, 0.1) is 17.7 Å². The van der Waals surface area contributed by atoms with Crippen molar-refractivity contribution in [2.45, 2.75) is 32.1 Å². The van der Waals surface area contributed by atoms with Crippen molar-refractivity contribution >= 4 is 22.4 Å². The number of aromatic nitrogens is 2. The molecular formula is C19H23FN4OS. The van der Waals surface area contributed by atoms with Crippen LogP contribution < -0.4 is 10.2 Å². The maximum absolute atomic E-state index is 13.0. The number of hydrogen-bond acceptors (Lipinski definition) is 5. The standard InChI is InChI=1S/C19H23FN4OS/c20-16-7-5-13(6-8-16)10-17-22-23-19(26-17)24-9-1-2-15(12-24)18(25)21-11-14-3-4-14/h5-8,14-15H,1-4,9-12H2,(H,21,25). The number of halogens is 1. The van der Waals surface area contributed by atoms with Crippen LogP contribution in [0.1, 0.15) is 36.3 Å². The monoisotopic (exact) mass is 374 g/mol. The summed E-state index contributed by atoms with van der Waals surface area (Å²) < 4.78 is 13.0. The quantitative estimate of drug-likeness (QED) is 0.844. The zero-order valence-corrected chi connectivity index (χ0v) is 15.5. The summed E-state index contributed by atoms with van der Waals surface area (Å²) in [7, 11) is 0. The van der Waals surface area contributed by atoms with E-state index in [1.165, 1.54) is 25.0 Å². The van der Waals surface area contributed by atoms with Crippen LogP contribution in [0.3, 0.4) is 0 Å². The fourth-order valence-electron chi connectivity index (χ4n) is 3.30. The summed E-state index contributed by atoms with van der Waals surface area (Å²) in [5.74, 6) is 0.687. The molecule has 1 aliphatic carbocycles. The van der Waals surface area contributed by atoms with Crippen molar-refractivity contribution in [3.8, 4) is 0 Å². The summed E-state index contributed by atoms with van der Waals surface area (Å²) in [4.78, 5) is 14.6. The van der Waals surface area contributed by atoms with Gasteiger partial charge in [0, 0.05) is 26.1 Å². The number of rotatable bonds is 6. The van der Waals surface area contributed by atoms with Gasteiger partial charge in [-0.2, -0.15) is 0 Å². The molecule has 1 aliphatic heterocycles. The van der Waals surface area contributed by atoms with E-state index in [4.69, 9.17) is 0 Å². The van der Waals surface area contributed by atoms with Gasteiger partial charge in [-0.3, -0.25) is 4.79 Å². The lowest BCUT2D eigenvalue weighted by Gasteiger charge is -2.31. The van der Waals surface area contributed by atoms with E-state index in [1.54, 1.807) is 23.5 Å². The van der Waals surface area contributed by atoms with Gasteiger partial charge in [-0.25, -0.2) is 4.39 Å². The molecule has 1 amide bonds. The molecule has 1 saturated heterocycles. The maximum Gasteiger partial charge on any atom is 0.224 e. The average Bonchev–Trinajstić information content (AvgIpc) is 3.38. The molecule has 2 aliphatic rings. The highest BCUT2D eigenvalue weighted by molar-refractivity contribution is 7.15. The summed E-state index contributed by atoms with van der Waals surface area (Å²) in [5.41, 5.74) is 1.02. The normalized spacial score (nSPS) is 20.2. The minimum atomic E-state index is -0.231. The van der Waals surface area contributed by atoms with Crippen LogP contribution in [-0.2, 0) is 11.2 Å². The van der Waals surface area contributed by atoms with E-state index in [0.29, 0.717) is 18.9 Å². The highest BCUT2D eigenvalue weighted by atomic mass is 32.1. The molecule has 26 heavy (non-hydrogen) atoms. The minimum Gasteiger partial charge on any atom is -0.356 e. The largest absolute Gasteiger partial charge is 0.356 e. The Kier molecular flexibility index (Phi) is 5.15. The van der Waals surface area contributed by atoms with Gasteiger partial charge in [0.05, 0.1) is 5.92 Å². The third-order valence-electron chi connectivity index (χ3n) is 5.05. The third-order valence-corrected chi connectivity index (χ3v) is 6.03. The fourth-order valence-corrected chi connectivity index (χ4v) is 4.20. The topological polar surface area (TPSA) is 58.1 Å². The second kappa shape index (κ2) is 7.70. The van der Waals surface area contributed by atoms with Crippen molar-refractivity contribution in [1.29, 1.82) is 0 Å². The van der Waals surface area contributed by atoms with Crippen LogP contribution >= 0.6 is 11.3 Å². The molecule has 2 heterocycles. The van der Waals surface area contributed by atoms with Gasteiger partial charge in [0.25, 0.3) is 0 Å². The summed E-state index contributed by atoms with van der Waals surface area (Å²) in [6.07, 6.45) is 5.08. The highest BCUT2D eigenvalue weighted by Crippen LogP contribution is 2.29. The first-order valence-electron chi connectivity index (χ1n) is 9.27. The van der Waals surface area contributed by atoms with Crippen LogP contribution in [0.5, 0.6) is 0 Å². The number of benzene rings is 1. The summed E-state index contributed by atoms with van der Waals surface area (Å²) in [6.45, 7) is 2.45. The van der Waals surface area contributed by atoms with Gasteiger partial charge in [0.2, 0.25) is 11.0 Å². The van der Waals surface area contributed by atoms with E-state index in [1.807, 2.05) is 0 Å². The number of hydrogen-bond donors (Lipinski definition) is 1. The van der Waals surface area contributed by atoms with Crippen molar-refractivity contribution in [2.24, 2.45) is 11.8 Å². The van der Waals surface area contributed by atoms with Crippen LogP contribution in [0.25, 0.3) is 0 Å². The van der Waals surface area contributed by atoms with Gasteiger partial charge in [0.15, 0.2) is 0 Å². The molecule has 2 aromatic rings. The highest BCUT2D eigenvalue weighted by Gasteiger charge is 2.29. The van der Waals surface area contributed by atoms with Crippen LogP contribution in [0.4, 0.5) is 9.52 Å². The number of nitrogens with zero attached hydrogens (tertiary/aromatic N) is 3. The van der Waals surface area contributed by atoms with Crippen molar-refractivity contribution < 1.29 is 9.18 Å². The van der Waals surface area contributed by atoms with Gasteiger partial charge in [-0.05, 0) is 49.3 Å². The summed E-state index contributed by atoms with van der Waals surface area (Å²) in [5, 5.41) is 13.5. The summed E-state index contributed by atoms with van der Waals surface area (Å²) >= 11 is 1.56. The smallest absolute Gasteiger partial charge is 0.224 e. The zero-order valence-electron chi connectivity index (χ0n) is 14.7. The zero-order chi connectivity index (χ0) is 17.9. The molecule has 138 valence electrons. The lowest BCUT2D eigenvalue weighted by molar-refractivity contribution is -0.125. The third kappa shape index (κ3) is 4.38.